The maximum Gasteiger partial charge on any atom is 0.472 e. The van der Waals surface area contributed by atoms with Gasteiger partial charge in [-0.3, -0.25) is 18.6 Å². The van der Waals surface area contributed by atoms with Gasteiger partial charge in [-0.1, -0.05) is 207 Å². The van der Waals surface area contributed by atoms with Gasteiger partial charge in [-0.2, -0.15) is 0 Å². The van der Waals surface area contributed by atoms with Crippen LogP contribution in [-0.2, 0) is 32.7 Å². The standard InChI is InChI=1S/C46H92NO9P/c1-4-7-10-12-14-16-18-20-22-24-26-28-30-32-34-37-45(49)53-41-43(42-55-57(51,52)54-40-39-47-44(48)36-9-6-3)56-46(50)38-35-33-31-29-27-25-23-21-19-17-15-13-11-8-5-2/h43,46,50H,4-42H2,1-3H3,(H,47,48)(H,51,52). The summed E-state index contributed by atoms with van der Waals surface area (Å²) < 4.78 is 33.9. The molecule has 340 valence electrons. The quantitative estimate of drug-likeness (QED) is 0.0236. The molecule has 0 fully saturated rings. The molecule has 0 aliphatic rings. The van der Waals surface area contributed by atoms with Crippen LogP contribution in [0.15, 0.2) is 0 Å². The lowest BCUT2D eigenvalue weighted by molar-refractivity contribution is -0.174. The zero-order valence-electron chi connectivity index (χ0n) is 37.4. The molecule has 0 aromatic carbocycles. The Morgan fingerprint density at radius 2 is 0.930 bits per heavy atom. The first-order chi connectivity index (χ1) is 27.7. The topological polar surface area (TPSA) is 141 Å². The normalized spacial score (nSPS) is 13.7. The van der Waals surface area contributed by atoms with Crippen LogP contribution in [0.1, 0.15) is 245 Å². The number of aliphatic hydroxyl groups excluding tert-OH is 1. The highest BCUT2D eigenvalue weighted by Gasteiger charge is 2.26. The molecule has 0 aromatic rings. The van der Waals surface area contributed by atoms with Crippen molar-refractivity contribution < 1.29 is 42.7 Å². The Morgan fingerprint density at radius 1 is 0.526 bits per heavy atom. The van der Waals surface area contributed by atoms with Crippen molar-refractivity contribution in [3.05, 3.63) is 0 Å². The van der Waals surface area contributed by atoms with E-state index in [0.29, 0.717) is 19.3 Å². The SMILES string of the molecule is CCCCCCCCCCCCCCCCCC(=O)OCC(COP(=O)(O)OCCNC(=O)CCCC)OC(O)CCCCCCCCCCCCCCCCC. The highest BCUT2D eigenvalue weighted by atomic mass is 31.2. The average molecular weight is 834 g/mol. The van der Waals surface area contributed by atoms with Gasteiger partial charge >= 0.3 is 13.8 Å². The lowest BCUT2D eigenvalue weighted by Gasteiger charge is -2.22. The summed E-state index contributed by atoms with van der Waals surface area (Å²) in [4.78, 5) is 34.5. The summed E-state index contributed by atoms with van der Waals surface area (Å²) >= 11 is 0. The predicted molar refractivity (Wildman–Crippen MR) is 235 cm³/mol. The van der Waals surface area contributed by atoms with Crippen molar-refractivity contribution in [1.82, 2.24) is 5.32 Å². The second-order valence-corrected chi connectivity index (χ2v) is 17.8. The number of rotatable bonds is 46. The summed E-state index contributed by atoms with van der Waals surface area (Å²) in [6.07, 6.45) is 38.3. The minimum absolute atomic E-state index is 0.0747. The highest BCUT2D eigenvalue weighted by Crippen LogP contribution is 2.43. The molecule has 0 aromatic heterocycles. The number of amides is 1. The molecule has 0 radical (unpaired) electrons. The van der Waals surface area contributed by atoms with E-state index >= 15 is 0 Å². The Morgan fingerprint density at radius 3 is 1.37 bits per heavy atom. The number of hydrogen-bond acceptors (Lipinski definition) is 8. The van der Waals surface area contributed by atoms with Crippen molar-refractivity contribution in [2.45, 2.75) is 258 Å². The first-order valence-corrected chi connectivity index (χ1v) is 25.6. The van der Waals surface area contributed by atoms with Gasteiger partial charge < -0.3 is 24.8 Å². The van der Waals surface area contributed by atoms with Crippen LogP contribution < -0.4 is 5.32 Å². The van der Waals surface area contributed by atoms with Crippen LogP contribution in [0, 0.1) is 0 Å². The second-order valence-electron chi connectivity index (χ2n) is 16.4. The van der Waals surface area contributed by atoms with Crippen molar-refractivity contribution in [3.8, 4) is 0 Å². The summed E-state index contributed by atoms with van der Waals surface area (Å²) in [7, 11) is -4.47. The Kier molecular flexibility index (Phi) is 42.3. The number of phosphoric acid groups is 1. The Balaban J connectivity index is 4.39. The first kappa shape index (κ1) is 56.0. The summed E-state index contributed by atoms with van der Waals surface area (Å²) in [6.45, 7) is 5.78. The van der Waals surface area contributed by atoms with Gasteiger partial charge in [0, 0.05) is 19.4 Å². The van der Waals surface area contributed by atoms with E-state index in [2.05, 4.69) is 19.2 Å². The van der Waals surface area contributed by atoms with Gasteiger partial charge in [-0.15, -0.1) is 0 Å². The van der Waals surface area contributed by atoms with E-state index in [0.717, 1.165) is 51.4 Å². The van der Waals surface area contributed by atoms with E-state index in [1.165, 1.54) is 154 Å². The summed E-state index contributed by atoms with van der Waals surface area (Å²) in [5, 5.41) is 13.3. The Labute approximate surface area is 351 Å². The van der Waals surface area contributed by atoms with E-state index < -0.39 is 26.8 Å². The van der Waals surface area contributed by atoms with Gasteiger partial charge in [0.15, 0.2) is 6.29 Å². The molecule has 0 saturated heterocycles. The number of aliphatic hydroxyl groups is 1. The van der Waals surface area contributed by atoms with E-state index in [9.17, 15) is 24.2 Å². The van der Waals surface area contributed by atoms with Crippen molar-refractivity contribution in [3.63, 3.8) is 0 Å². The lowest BCUT2D eigenvalue weighted by atomic mass is 10.0. The molecule has 1 amide bonds. The predicted octanol–water partition coefficient (Wildman–Crippen LogP) is 13.2. The van der Waals surface area contributed by atoms with Crippen molar-refractivity contribution in [1.29, 1.82) is 0 Å². The number of esters is 1. The third-order valence-corrected chi connectivity index (χ3v) is 11.7. The number of unbranched alkanes of at least 4 members (excludes halogenated alkanes) is 29. The number of ether oxygens (including phenoxy) is 2. The molecule has 3 N–H and O–H groups in total. The van der Waals surface area contributed by atoms with Crippen LogP contribution in [-0.4, -0.2) is 60.6 Å². The molecular weight excluding hydrogens is 741 g/mol. The van der Waals surface area contributed by atoms with E-state index in [1.807, 2.05) is 6.92 Å². The molecular formula is C46H92NO9P. The molecule has 0 heterocycles. The fourth-order valence-corrected chi connectivity index (χ4v) is 7.75. The van der Waals surface area contributed by atoms with Gasteiger partial charge in [-0.05, 0) is 25.7 Å². The van der Waals surface area contributed by atoms with E-state index in [-0.39, 0.29) is 31.6 Å². The number of hydrogen-bond donors (Lipinski definition) is 3. The van der Waals surface area contributed by atoms with E-state index in [1.54, 1.807) is 0 Å². The van der Waals surface area contributed by atoms with Crippen molar-refractivity contribution >= 4 is 19.7 Å². The first-order valence-electron chi connectivity index (χ1n) is 24.1. The molecule has 0 bridgehead atoms. The minimum Gasteiger partial charge on any atom is -0.463 e. The van der Waals surface area contributed by atoms with Crippen LogP contribution in [0.2, 0.25) is 0 Å². The zero-order valence-corrected chi connectivity index (χ0v) is 38.3. The van der Waals surface area contributed by atoms with Crippen LogP contribution >= 0.6 is 7.82 Å². The molecule has 3 atom stereocenters. The van der Waals surface area contributed by atoms with Crippen LogP contribution in [0.4, 0.5) is 0 Å². The third kappa shape index (κ3) is 42.9. The lowest BCUT2D eigenvalue weighted by Crippen LogP contribution is -2.31. The molecule has 10 nitrogen and oxygen atoms in total. The highest BCUT2D eigenvalue weighted by molar-refractivity contribution is 7.47. The number of phosphoric ester groups is 1. The zero-order chi connectivity index (χ0) is 41.9. The summed E-state index contributed by atoms with van der Waals surface area (Å²) in [5.74, 6) is -0.505. The van der Waals surface area contributed by atoms with Gasteiger partial charge in [0.25, 0.3) is 0 Å². The maximum atomic E-state index is 12.5. The van der Waals surface area contributed by atoms with Crippen LogP contribution in [0.25, 0.3) is 0 Å². The van der Waals surface area contributed by atoms with Crippen LogP contribution in [0.5, 0.6) is 0 Å². The molecule has 11 heteroatoms. The summed E-state index contributed by atoms with van der Waals surface area (Å²) in [5.41, 5.74) is 0. The van der Waals surface area contributed by atoms with Gasteiger partial charge in [0.05, 0.1) is 13.2 Å². The third-order valence-electron chi connectivity index (χ3n) is 10.7. The number of carbonyl (C=O) groups excluding carboxylic acids is 2. The molecule has 57 heavy (non-hydrogen) atoms. The monoisotopic (exact) mass is 834 g/mol. The van der Waals surface area contributed by atoms with Crippen molar-refractivity contribution in [2.24, 2.45) is 0 Å². The largest absolute Gasteiger partial charge is 0.472 e. The molecule has 0 aliphatic carbocycles. The summed E-state index contributed by atoms with van der Waals surface area (Å²) in [6, 6.07) is 0. The fourth-order valence-electron chi connectivity index (χ4n) is 7.00. The average Bonchev–Trinajstić information content (AvgIpc) is 3.19. The smallest absolute Gasteiger partial charge is 0.463 e. The van der Waals surface area contributed by atoms with E-state index in [4.69, 9.17) is 18.5 Å². The van der Waals surface area contributed by atoms with Gasteiger partial charge in [0.1, 0.15) is 12.7 Å². The van der Waals surface area contributed by atoms with Gasteiger partial charge in [0.2, 0.25) is 5.91 Å². The second kappa shape index (κ2) is 43.1. The molecule has 0 saturated carbocycles. The molecule has 3 unspecified atom stereocenters. The maximum absolute atomic E-state index is 12.5. The van der Waals surface area contributed by atoms with Crippen LogP contribution in [0.3, 0.4) is 0 Å². The number of carbonyl (C=O) groups is 2. The number of nitrogens with one attached hydrogen (secondary N) is 1. The Hall–Kier alpha value is -1.03. The molecule has 0 spiro atoms. The minimum atomic E-state index is -4.47. The van der Waals surface area contributed by atoms with Gasteiger partial charge in [-0.25, -0.2) is 4.57 Å². The Bertz CT molecular complexity index is 924. The van der Waals surface area contributed by atoms with Crippen molar-refractivity contribution in [2.75, 3.05) is 26.4 Å². The molecule has 0 rings (SSSR count). The fraction of sp³-hybridized carbons (Fsp3) is 0.957. The molecule has 0 aliphatic heterocycles.